The minimum Gasteiger partial charge on any atom is -0.381 e. The Balaban J connectivity index is -0.000000757. The molecule has 0 spiro atoms. The molecule has 9 nitrogen and oxygen atoms in total. The van der Waals surface area contributed by atoms with Crippen LogP contribution in [0.3, 0.4) is 0 Å². The molecule has 0 bridgehead atoms. The van der Waals surface area contributed by atoms with E-state index in [4.69, 9.17) is 26.8 Å². The van der Waals surface area contributed by atoms with E-state index in [0.717, 1.165) is 26.1 Å². The molecular formula is C36H78O9S2. The normalized spacial score (nSPS) is 11.5. The Hall–Kier alpha value is -0.300. The summed E-state index contributed by atoms with van der Waals surface area (Å²) in [5.41, 5.74) is 0. The second-order valence-corrected chi connectivity index (χ2v) is 14.8. The monoisotopic (exact) mass is 719 g/mol. The number of hydrogen-bond acceptors (Lipinski definition) is 6. The molecule has 0 aromatic rings. The molecule has 0 rings (SSSR count). The Bertz CT molecular complexity index is 745. The first-order valence-electron chi connectivity index (χ1n) is 19.4. The molecule has 0 radical (unpaired) electrons. The van der Waals surface area contributed by atoms with Crippen molar-refractivity contribution in [2.24, 2.45) is 0 Å². The highest BCUT2D eigenvalue weighted by molar-refractivity contribution is 7.80. The quantitative estimate of drug-likeness (QED) is 0.0436. The van der Waals surface area contributed by atoms with E-state index < -0.39 is 20.8 Å². The first-order chi connectivity index (χ1) is 22.5. The van der Waals surface area contributed by atoms with Gasteiger partial charge in [-0.05, 0) is 19.3 Å². The fourth-order valence-electron chi connectivity index (χ4n) is 5.24. The van der Waals surface area contributed by atoms with Gasteiger partial charge in [-0.2, -0.15) is 16.8 Å². The van der Waals surface area contributed by atoms with Crippen molar-refractivity contribution in [1.82, 2.24) is 0 Å². The lowest BCUT2D eigenvalue weighted by molar-refractivity contribution is 0.125. The third-order valence-electron chi connectivity index (χ3n) is 8.01. The Morgan fingerprint density at radius 1 is 0.340 bits per heavy atom. The molecule has 0 saturated carbocycles. The third-order valence-corrected chi connectivity index (χ3v) is 8.48. The summed E-state index contributed by atoms with van der Waals surface area (Å²) in [6, 6.07) is 0. The molecule has 0 amide bonds. The van der Waals surface area contributed by atoms with Crippen LogP contribution in [-0.4, -0.2) is 50.3 Å². The van der Waals surface area contributed by atoms with E-state index in [1.807, 2.05) is 0 Å². The van der Waals surface area contributed by atoms with Gasteiger partial charge in [-0.15, -0.1) is 0 Å². The van der Waals surface area contributed by atoms with Gasteiger partial charge >= 0.3 is 20.8 Å². The van der Waals surface area contributed by atoms with Gasteiger partial charge in [-0.1, -0.05) is 194 Å². The summed E-state index contributed by atoms with van der Waals surface area (Å²) in [4.78, 5) is 0. The van der Waals surface area contributed by atoms with Gasteiger partial charge in [-0.25, -0.2) is 4.18 Å². The lowest BCUT2D eigenvalue weighted by Crippen LogP contribution is -2.04. The molecule has 11 heteroatoms. The smallest absolute Gasteiger partial charge is 0.381 e. The van der Waals surface area contributed by atoms with Crippen molar-refractivity contribution in [2.45, 2.75) is 213 Å². The average molecular weight is 719 g/mol. The number of unbranched alkanes of at least 4 members (excludes halogenated alkanes) is 27. The molecule has 0 unspecified atom stereocenters. The lowest BCUT2D eigenvalue weighted by Gasteiger charge is -2.05. The van der Waals surface area contributed by atoms with E-state index in [1.165, 1.54) is 173 Å². The Kier molecular flexibility index (Phi) is 45.5. The summed E-state index contributed by atoms with van der Waals surface area (Å²) >= 11 is 0. The lowest BCUT2D eigenvalue weighted by atomic mass is 10.1. The zero-order valence-electron chi connectivity index (χ0n) is 30.9. The van der Waals surface area contributed by atoms with Crippen LogP contribution in [0, 0.1) is 0 Å². The van der Waals surface area contributed by atoms with Crippen molar-refractivity contribution in [3.05, 3.63) is 0 Å². The van der Waals surface area contributed by atoms with Crippen molar-refractivity contribution in [3.8, 4) is 0 Å². The van der Waals surface area contributed by atoms with Crippen molar-refractivity contribution in [2.75, 3.05) is 19.8 Å². The standard InChI is InChI=1S/C24H50O.C12H26O4S.H2O4S/c1-3-5-7-9-11-13-15-17-19-21-23-25-24-22-20-18-16-14-12-10-8-6-4-2;1-2-3-4-5-6-7-8-9-10-11-12-16-17(13,14)15;1-5(2,3)4/h3-24H2,1-2H3;2-12H2,1H3,(H,13,14,15);(H2,1,2,3,4). The molecule has 3 N–H and O–H groups in total. The molecule has 0 aliphatic rings. The topological polar surface area (TPSA) is 147 Å². The van der Waals surface area contributed by atoms with Crippen molar-refractivity contribution in [3.63, 3.8) is 0 Å². The van der Waals surface area contributed by atoms with Gasteiger partial charge in [0.2, 0.25) is 0 Å². The van der Waals surface area contributed by atoms with Crippen LogP contribution in [0.2, 0.25) is 0 Å². The van der Waals surface area contributed by atoms with Gasteiger partial charge in [0, 0.05) is 13.2 Å². The molecule has 0 aliphatic carbocycles. The molecule has 0 aromatic heterocycles. The van der Waals surface area contributed by atoms with Crippen molar-refractivity contribution in [1.29, 1.82) is 0 Å². The molecule has 0 aliphatic heterocycles. The second-order valence-electron chi connectivity index (χ2n) is 12.9. The Morgan fingerprint density at radius 3 is 0.745 bits per heavy atom. The van der Waals surface area contributed by atoms with Gasteiger partial charge in [-0.3, -0.25) is 13.7 Å². The number of ether oxygens (including phenoxy) is 1. The summed E-state index contributed by atoms with van der Waals surface area (Å²) in [5, 5.41) is 0. The molecule has 47 heavy (non-hydrogen) atoms. The molecule has 0 atom stereocenters. The van der Waals surface area contributed by atoms with Crippen LogP contribution < -0.4 is 0 Å². The zero-order valence-corrected chi connectivity index (χ0v) is 32.6. The van der Waals surface area contributed by atoms with Crippen LogP contribution in [0.15, 0.2) is 0 Å². The van der Waals surface area contributed by atoms with Crippen LogP contribution in [0.25, 0.3) is 0 Å². The summed E-state index contributed by atoms with van der Waals surface area (Å²) in [5.74, 6) is 0. The van der Waals surface area contributed by atoms with Crippen molar-refractivity contribution >= 4 is 20.8 Å². The summed E-state index contributed by atoms with van der Waals surface area (Å²) in [6.45, 7) is 8.88. The largest absolute Gasteiger partial charge is 0.397 e. The first kappa shape index (κ1) is 51.1. The predicted molar refractivity (Wildman–Crippen MR) is 198 cm³/mol. The van der Waals surface area contributed by atoms with E-state index in [-0.39, 0.29) is 6.61 Å². The SMILES string of the molecule is CCCCCCCCCCCCOCCCCCCCCCCCC.CCCCCCCCCCCCOS(=O)(=O)O.O=S(=O)(O)O. The minimum absolute atomic E-state index is 0.0926. The highest BCUT2D eigenvalue weighted by Crippen LogP contribution is 2.13. The van der Waals surface area contributed by atoms with E-state index in [0.29, 0.717) is 6.42 Å². The highest BCUT2D eigenvalue weighted by atomic mass is 32.3. The van der Waals surface area contributed by atoms with Gasteiger partial charge in [0.25, 0.3) is 0 Å². The minimum atomic E-state index is -4.67. The van der Waals surface area contributed by atoms with E-state index in [9.17, 15) is 8.42 Å². The fraction of sp³-hybridized carbons (Fsp3) is 1.00. The Morgan fingerprint density at radius 2 is 0.532 bits per heavy atom. The van der Waals surface area contributed by atoms with Crippen molar-refractivity contribution < 1.29 is 39.4 Å². The van der Waals surface area contributed by atoms with Crippen LogP contribution in [0.1, 0.15) is 213 Å². The summed E-state index contributed by atoms with van der Waals surface area (Å²) in [7, 11) is -8.90. The third kappa shape index (κ3) is 68.5. The highest BCUT2D eigenvalue weighted by Gasteiger charge is 2.02. The van der Waals surface area contributed by atoms with Gasteiger partial charge in [0.15, 0.2) is 0 Å². The molecule has 0 saturated heterocycles. The predicted octanol–water partition coefficient (Wildman–Crippen LogP) is 11.9. The van der Waals surface area contributed by atoms with E-state index in [1.54, 1.807) is 0 Å². The van der Waals surface area contributed by atoms with Gasteiger partial charge in [0.1, 0.15) is 0 Å². The van der Waals surface area contributed by atoms with Gasteiger partial charge in [0.05, 0.1) is 6.61 Å². The zero-order chi connectivity index (χ0) is 35.7. The van der Waals surface area contributed by atoms with E-state index >= 15 is 0 Å². The number of rotatable bonds is 34. The van der Waals surface area contributed by atoms with Crippen LogP contribution >= 0.6 is 0 Å². The first-order valence-corrected chi connectivity index (χ1v) is 22.1. The van der Waals surface area contributed by atoms with Gasteiger partial charge < -0.3 is 4.74 Å². The molecule has 0 fully saturated rings. The molecular weight excluding hydrogens is 641 g/mol. The van der Waals surface area contributed by atoms with Crippen LogP contribution in [0.4, 0.5) is 0 Å². The van der Waals surface area contributed by atoms with E-state index in [2.05, 4.69) is 25.0 Å². The summed E-state index contributed by atoms with van der Waals surface area (Å²) < 4.78 is 70.4. The fourth-order valence-corrected chi connectivity index (χ4v) is 5.57. The molecule has 0 heterocycles. The van der Waals surface area contributed by atoms with Crippen LogP contribution in [-0.2, 0) is 29.7 Å². The maximum atomic E-state index is 10.2. The maximum Gasteiger partial charge on any atom is 0.397 e. The number of hydrogen-bond donors (Lipinski definition) is 3. The maximum absolute atomic E-state index is 10.2. The Labute approximate surface area is 292 Å². The second kappa shape index (κ2) is 41.9. The van der Waals surface area contributed by atoms with Crippen LogP contribution in [0.5, 0.6) is 0 Å². The molecule has 0 aromatic carbocycles. The average Bonchev–Trinajstić information content (AvgIpc) is 2.99. The summed E-state index contributed by atoms with van der Waals surface area (Å²) in [6.07, 6.45) is 40.0. The molecule has 288 valence electrons.